The summed E-state index contributed by atoms with van der Waals surface area (Å²) in [5, 5.41) is 8.97. The first-order valence-corrected chi connectivity index (χ1v) is 6.98. The first-order valence-electron chi connectivity index (χ1n) is 6.98. The average molecular weight is 258 g/mol. The van der Waals surface area contributed by atoms with E-state index < -0.39 is 0 Å². The molecule has 102 valence electrons. The fraction of sp³-hybridized carbons (Fsp3) is 0.562. The van der Waals surface area contributed by atoms with Gasteiger partial charge in [-0.05, 0) is 43.5 Å². The Morgan fingerprint density at radius 3 is 2.74 bits per heavy atom. The van der Waals surface area contributed by atoms with Crippen LogP contribution < -0.4 is 4.74 Å². The third-order valence-corrected chi connectivity index (χ3v) is 3.88. The van der Waals surface area contributed by atoms with E-state index in [9.17, 15) is 0 Å². The van der Waals surface area contributed by atoms with Crippen molar-refractivity contribution in [3.05, 3.63) is 29.3 Å². The molecule has 3 heteroatoms. The van der Waals surface area contributed by atoms with E-state index in [0.717, 1.165) is 12.5 Å². The monoisotopic (exact) mass is 258 g/mol. The molecule has 0 aliphatic heterocycles. The second-order valence-electron chi connectivity index (χ2n) is 5.49. The summed E-state index contributed by atoms with van der Waals surface area (Å²) in [4.78, 5) is 2.37. The van der Waals surface area contributed by atoms with Crippen LogP contribution in [0.5, 0.6) is 5.75 Å². The van der Waals surface area contributed by atoms with Crippen LogP contribution in [-0.2, 0) is 6.54 Å². The quantitative estimate of drug-likeness (QED) is 0.813. The maximum atomic E-state index is 8.97. The van der Waals surface area contributed by atoms with E-state index in [-0.39, 0.29) is 0 Å². The minimum atomic E-state index is 0.602. The molecule has 0 N–H and O–H groups in total. The maximum absolute atomic E-state index is 8.97. The van der Waals surface area contributed by atoms with Crippen molar-refractivity contribution < 1.29 is 4.74 Å². The lowest BCUT2D eigenvalue weighted by atomic mass is 10.1. The van der Waals surface area contributed by atoms with Gasteiger partial charge in [-0.25, -0.2) is 0 Å². The lowest BCUT2D eigenvalue weighted by molar-refractivity contribution is 0.271. The molecule has 0 amide bonds. The molecule has 0 bridgehead atoms. The number of nitriles is 1. The number of nitrogens with zero attached hydrogens (tertiary/aromatic N) is 2. The molecule has 1 aromatic rings. The first kappa shape index (κ1) is 13.9. The van der Waals surface area contributed by atoms with E-state index in [0.29, 0.717) is 11.3 Å². The van der Waals surface area contributed by atoms with Crippen molar-refractivity contribution in [3.63, 3.8) is 0 Å². The summed E-state index contributed by atoms with van der Waals surface area (Å²) in [6.07, 6.45) is 5.54. The summed E-state index contributed by atoms with van der Waals surface area (Å²) in [6, 6.07) is 7.99. The fourth-order valence-electron chi connectivity index (χ4n) is 2.94. The van der Waals surface area contributed by atoms with E-state index in [1.54, 1.807) is 7.11 Å². The number of methoxy groups -OCH3 is 1. The highest BCUT2D eigenvalue weighted by molar-refractivity contribution is 5.45. The molecular formula is C16H22N2O. The first-order chi connectivity index (χ1) is 9.22. The number of rotatable bonds is 5. The number of ether oxygens (including phenoxy) is 1. The van der Waals surface area contributed by atoms with E-state index in [1.165, 1.54) is 37.8 Å². The number of benzene rings is 1. The van der Waals surface area contributed by atoms with E-state index >= 15 is 0 Å². The fourth-order valence-corrected chi connectivity index (χ4v) is 2.94. The van der Waals surface area contributed by atoms with Crippen LogP contribution in [0.15, 0.2) is 18.2 Å². The van der Waals surface area contributed by atoms with Gasteiger partial charge in [-0.3, -0.25) is 0 Å². The molecule has 0 spiro atoms. The molecule has 1 aromatic carbocycles. The van der Waals surface area contributed by atoms with Crippen LogP contribution in [0.1, 0.15) is 36.8 Å². The molecule has 0 heterocycles. The molecule has 0 unspecified atom stereocenters. The minimum absolute atomic E-state index is 0.602. The van der Waals surface area contributed by atoms with Crippen molar-refractivity contribution in [1.29, 1.82) is 5.26 Å². The molecule has 0 aromatic heterocycles. The van der Waals surface area contributed by atoms with Crippen LogP contribution >= 0.6 is 0 Å². The van der Waals surface area contributed by atoms with Crippen molar-refractivity contribution in [3.8, 4) is 11.8 Å². The Kier molecular flexibility index (Phi) is 4.81. The average Bonchev–Trinajstić information content (AvgIpc) is 2.91. The predicted molar refractivity (Wildman–Crippen MR) is 76.0 cm³/mol. The van der Waals surface area contributed by atoms with Gasteiger partial charge in [0.05, 0.1) is 12.7 Å². The van der Waals surface area contributed by atoms with Gasteiger partial charge in [0.25, 0.3) is 0 Å². The summed E-state index contributed by atoms with van der Waals surface area (Å²) in [5.41, 5.74) is 1.81. The van der Waals surface area contributed by atoms with Gasteiger partial charge in [0.15, 0.2) is 0 Å². The zero-order valence-electron chi connectivity index (χ0n) is 11.9. The van der Waals surface area contributed by atoms with E-state index in [2.05, 4.69) is 18.0 Å². The van der Waals surface area contributed by atoms with Gasteiger partial charge in [-0.2, -0.15) is 5.26 Å². The molecule has 2 rings (SSSR count). The Bertz CT molecular complexity index is 458. The third-order valence-electron chi connectivity index (χ3n) is 3.88. The third kappa shape index (κ3) is 3.71. The summed E-state index contributed by atoms with van der Waals surface area (Å²) in [6.45, 7) is 2.08. The van der Waals surface area contributed by atoms with Crippen LogP contribution in [0.3, 0.4) is 0 Å². The lowest BCUT2D eigenvalue weighted by Crippen LogP contribution is -2.24. The van der Waals surface area contributed by atoms with Crippen molar-refractivity contribution >= 4 is 0 Å². The molecule has 1 aliphatic rings. The van der Waals surface area contributed by atoms with Crippen molar-refractivity contribution in [1.82, 2.24) is 4.90 Å². The molecule has 3 nitrogen and oxygen atoms in total. The molecule has 0 saturated heterocycles. The van der Waals surface area contributed by atoms with Gasteiger partial charge < -0.3 is 9.64 Å². The molecule has 1 saturated carbocycles. The van der Waals surface area contributed by atoms with Crippen LogP contribution in [0.25, 0.3) is 0 Å². The Labute approximate surface area is 115 Å². The second kappa shape index (κ2) is 6.58. The Morgan fingerprint density at radius 1 is 1.37 bits per heavy atom. The maximum Gasteiger partial charge on any atom is 0.136 e. The highest BCUT2D eigenvalue weighted by atomic mass is 16.5. The lowest BCUT2D eigenvalue weighted by Gasteiger charge is -2.21. The molecule has 1 aliphatic carbocycles. The smallest absolute Gasteiger partial charge is 0.136 e. The van der Waals surface area contributed by atoms with Gasteiger partial charge >= 0.3 is 0 Å². The zero-order valence-corrected chi connectivity index (χ0v) is 11.9. The van der Waals surface area contributed by atoms with Crippen LogP contribution in [0.2, 0.25) is 0 Å². The topological polar surface area (TPSA) is 36.3 Å². The highest BCUT2D eigenvalue weighted by Crippen LogP contribution is 2.26. The van der Waals surface area contributed by atoms with Gasteiger partial charge in [-0.15, -0.1) is 0 Å². The van der Waals surface area contributed by atoms with Gasteiger partial charge in [0.2, 0.25) is 0 Å². The Morgan fingerprint density at radius 2 is 2.11 bits per heavy atom. The van der Waals surface area contributed by atoms with Crippen molar-refractivity contribution in [2.24, 2.45) is 5.92 Å². The summed E-state index contributed by atoms with van der Waals surface area (Å²) >= 11 is 0. The van der Waals surface area contributed by atoms with Crippen LogP contribution in [0, 0.1) is 17.2 Å². The van der Waals surface area contributed by atoms with E-state index in [4.69, 9.17) is 10.00 Å². The minimum Gasteiger partial charge on any atom is -0.495 e. The van der Waals surface area contributed by atoms with Crippen LogP contribution in [-0.4, -0.2) is 25.6 Å². The number of hydrogen-bond donors (Lipinski definition) is 0. The second-order valence-corrected chi connectivity index (χ2v) is 5.49. The van der Waals surface area contributed by atoms with Crippen molar-refractivity contribution in [2.45, 2.75) is 32.2 Å². The molecule has 0 atom stereocenters. The molecule has 0 radical (unpaired) electrons. The highest BCUT2D eigenvalue weighted by Gasteiger charge is 2.17. The summed E-state index contributed by atoms with van der Waals surface area (Å²) < 4.78 is 5.25. The molecule has 19 heavy (non-hydrogen) atoms. The number of hydrogen-bond acceptors (Lipinski definition) is 3. The van der Waals surface area contributed by atoms with Crippen LogP contribution in [0.4, 0.5) is 0 Å². The zero-order chi connectivity index (χ0) is 13.7. The normalized spacial score (nSPS) is 15.7. The Hall–Kier alpha value is -1.53. The van der Waals surface area contributed by atoms with Gasteiger partial charge in [0.1, 0.15) is 11.8 Å². The predicted octanol–water partition coefficient (Wildman–Crippen LogP) is 3.19. The molecular weight excluding hydrogens is 236 g/mol. The molecule has 1 fully saturated rings. The standard InChI is InChI=1S/C16H22N2O/c1-18(11-13-5-3-4-6-13)12-14-7-8-15(10-17)16(9-14)19-2/h7-9,13H,3-6,11-12H2,1-2H3. The van der Waals surface area contributed by atoms with E-state index in [1.807, 2.05) is 18.2 Å². The summed E-state index contributed by atoms with van der Waals surface area (Å²) in [7, 11) is 3.78. The van der Waals surface area contributed by atoms with Gasteiger partial charge in [-0.1, -0.05) is 18.9 Å². The van der Waals surface area contributed by atoms with Gasteiger partial charge in [0, 0.05) is 13.1 Å². The summed E-state index contributed by atoms with van der Waals surface area (Å²) in [5.74, 6) is 1.54. The SMILES string of the molecule is COc1cc(CN(C)CC2CCCC2)ccc1C#N. The Balaban J connectivity index is 1.96. The van der Waals surface area contributed by atoms with Crippen molar-refractivity contribution in [2.75, 3.05) is 20.7 Å². The largest absolute Gasteiger partial charge is 0.495 e.